The molecule has 0 saturated heterocycles. The molecule has 0 aliphatic heterocycles. The highest BCUT2D eigenvalue weighted by molar-refractivity contribution is 5.78. The number of ether oxygens (including phenoxy) is 2. The fourth-order valence-electron chi connectivity index (χ4n) is 1.47. The van der Waals surface area contributed by atoms with E-state index in [0.717, 1.165) is 5.56 Å². The van der Waals surface area contributed by atoms with Gasteiger partial charge in [0.1, 0.15) is 11.8 Å². The maximum Gasteiger partial charge on any atom is 0.313 e. The molecule has 1 atom stereocenters. The molecule has 0 fully saturated rings. The average Bonchev–Trinajstić information content (AvgIpc) is 2.37. The van der Waals surface area contributed by atoms with Crippen LogP contribution < -0.4 is 4.74 Å². The van der Waals surface area contributed by atoms with E-state index in [4.69, 9.17) is 14.7 Å². The second-order valence-corrected chi connectivity index (χ2v) is 3.55. The van der Waals surface area contributed by atoms with Gasteiger partial charge in [0.05, 0.1) is 25.2 Å². The van der Waals surface area contributed by atoms with Crippen LogP contribution in [0.5, 0.6) is 5.75 Å². The molecular weight excluding hydrogens is 218 g/mol. The minimum absolute atomic E-state index is 0.278. The lowest BCUT2D eigenvalue weighted by Gasteiger charge is -2.12. The SMILES string of the molecule is CCOC(=O)[C@@H](C)c1ccc(C#N)c(OC)c1. The van der Waals surface area contributed by atoms with E-state index in [1.165, 1.54) is 7.11 Å². The molecule has 0 N–H and O–H groups in total. The number of carbonyl (C=O) groups excluding carboxylic acids is 1. The quantitative estimate of drug-likeness (QED) is 0.748. The van der Waals surface area contributed by atoms with Crippen LogP contribution in [0.25, 0.3) is 0 Å². The van der Waals surface area contributed by atoms with Crippen molar-refractivity contribution < 1.29 is 14.3 Å². The van der Waals surface area contributed by atoms with E-state index in [2.05, 4.69) is 0 Å². The van der Waals surface area contributed by atoms with E-state index in [9.17, 15) is 4.79 Å². The lowest BCUT2D eigenvalue weighted by molar-refractivity contribution is -0.144. The first-order valence-electron chi connectivity index (χ1n) is 5.38. The maximum atomic E-state index is 11.6. The fourth-order valence-corrected chi connectivity index (χ4v) is 1.47. The van der Waals surface area contributed by atoms with E-state index < -0.39 is 0 Å². The van der Waals surface area contributed by atoms with Crippen LogP contribution in [0.15, 0.2) is 18.2 Å². The first kappa shape index (κ1) is 13.0. The molecule has 0 aliphatic carbocycles. The molecule has 0 amide bonds. The molecule has 0 saturated carbocycles. The van der Waals surface area contributed by atoms with Gasteiger partial charge in [0, 0.05) is 0 Å². The molecular formula is C13H15NO3. The monoisotopic (exact) mass is 233 g/mol. The predicted octanol–water partition coefficient (Wildman–Crippen LogP) is 2.23. The van der Waals surface area contributed by atoms with Crippen molar-refractivity contribution in [1.29, 1.82) is 5.26 Å². The van der Waals surface area contributed by atoms with Crippen LogP contribution in [-0.4, -0.2) is 19.7 Å². The van der Waals surface area contributed by atoms with Crippen LogP contribution in [0.3, 0.4) is 0 Å². The molecule has 0 unspecified atom stereocenters. The number of methoxy groups -OCH3 is 1. The van der Waals surface area contributed by atoms with Gasteiger partial charge in [0.25, 0.3) is 0 Å². The summed E-state index contributed by atoms with van der Waals surface area (Å²) in [7, 11) is 1.50. The van der Waals surface area contributed by atoms with Gasteiger partial charge in [-0.05, 0) is 31.5 Å². The third-order valence-corrected chi connectivity index (χ3v) is 2.49. The topological polar surface area (TPSA) is 59.3 Å². The van der Waals surface area contributed by atoms with Gasteiger partial charge in [0.15, 0.2) is 0 Å². The van der Waals surface area contributed by atoms with Crippen molar-refractivity contribution in [1.82, 2.24) is 0 Å². The van der Waals surface area contributed by atoms with Gasteiger partial charge in [-0.1, -0.05) is 6.07 Å². The zero-order valence-corrected chi connectivity index (χ0v) is 10.2. The van der Waals surface area contributed by atoms with E-state index in [1.807, 2.05) is 6.07 Å². The number of carbonyl (C=O) groups is 1. The van der Waals surface area contributed by atoms with Crippen molar-refractivity contribution in [3.63, 3.8) is 0 Å². The number of hydrogen-bond donors (Lipinski definition) is 0. The van der Waals surface area contributed by atoms with Crippen LogP contribution in [0.4, 0.5) is 0 Å². The Kier molecular flexibility index (Phi) is 4.53. The van der Waals surface area contributed by atoms with E-state index in [-0.39, 0.29) is 11.9 Å². The van der Waals surface area contributed by atoms with Crippen molar-refractivity contribution in [2.75, 3.05) is 13.7 Å². The Morgan fingerprint density at radius 1 is 1.53 bits per heavy atom. The third-order valence-electron chi connectivity index (χ3n) is 2.49. The number of nitrogens with zero attached hydrogens (tertiary/aromatic N) is 1. The lowest BCUT2D eigenvalue weighted by Crippen LogP contribution is -2.13. The van der Waals surface area contributed by atoms with Gasteiger partial charge in [-0.25, -0.2) is 0 Å². The third kappa shape index (κ3) is 2.97. The minimum atomic E-state index is -0.364. The van der Waals surface area contributed by atoms with Crippen LogP contribution in [0.2, 0.25) is 0 Å². The van der Waals surface area contributed by atoms with Gasteiger partial charge >= 0.3 is 5.97 Å². The standard InChI is InChI=1S/C13H15NO3/c1-4-17-13(15)9(2)10-5-6-11(8-14)12(7-10)16-3/h5-7,9H,4H2,1-3H3/t9-/m0/s1. The fraction of sp³-hybridized carbons (Fsp3) is 0.385. The molecule has 17 heavy (non-hydrogen) atoms. The van der Waals surface area contributed by atoms with E-state index >= 15 is 0 Å². The Balaban J connectivity index is 3.00. The molecule has 1 aromatic carbocycles. The smallest absolute Gasteiger partial charge is 0.313 e. The Morgan fingerprint density at radius 2 is 2.24 bits per heavy atom. The minimum Gasteiger partial charge on any atom is -0.495 e. The summed E-state index contributed by atoms with van der Waals surface area (Å²) in [5.41, 5.74) is 1.23. The van der Waals surface area contributed by atoms with Crippen molar-refractivity contribution in [2.45, 2.75) is 19.8 Å². The normalized spacial score (nSPS) is 11.4. The van der Waals surface area contributed by atoms with Crippen molar-refractivity contribution in [2.24, 2.45) is 0 Å². The highest BCUT2D eigenvalue weighted by Crippen LogP contribution is 2.25. The summed E-state index contributed by atoms with van der Waals surface area (Å²) in [5.74, 6) is -0.169. The molecule has 4 heteroatoms. The van der Waals surface area contributed by atoms with Gasteiger partial charge in [-0.2, -0.15) is 5.26 Å². The van der Waals surface area contributed by atoms with Gasteiger partial charge in [-0.15, -0.1) is 0 Å². The highest BCUT2D eigenvalue weighted by Gasteiger charge is 2.17. The lowest BCUT2D eigenvalue weighted by atomic mass is 9.99. The predicted molar refractivity (Wildman–Crippen MR) is 62.8 cm³/mol. The number of esters is 1. The second-order valence-electron chi connectivity index (χ2n) is 3.55. The summed E-state index contributed by atoms with van der Waals surface area (Å²) in [6.07, 6.45) is 0. The summed E-state index contributed by atoms with van der Waals surface area (Å²) in [4.78, 5) is 11.6. The van der Waals surface area contributed by atoms with Gasteiger partial charge in [-0.3, -0.25) is 4.79 Å². The molecule has 4 nitrogen and oxygen atoms in total. The molecule has 0 aromatic heterocycles. The van der Waals surface area contributed by atoms with Crippen molar-refractivity contribution in [3.05, 3.63) is 29.3 Å². The van der Waals surface area contributed by atoms with E-state index in [1.54, 1.807) is 32.0 Å². The van der Waals surface area contributed by atoms with Crippen LogP contribution in [0, 0.1) is 11.3 Å². The van der Waals surface area contributed by atoms with Gasteiger partial charge in [0.2, 0.25) is 0 Å². The molecule has 0 aliphatic rings. The Hall–Kier alpha value is -2.02. The summed E-state index contributed by atoms with van der Waals surface area (Å²) in [6.45, 7) is 3.89. The number of hydrogen-bond acceptors (Lipinski definition) is 4. The average molecular weight is 233 g/mol. The van der Waals surface area contributed by atoms with Crippen molar-refractivity contribution >= 4 is 5.97 Å². The first-order chi connectivity index (χ1) is 8.13. The van der Waals surface area contributed by atoms with E-state index in [0.29, 0.717) is 17.9 Å². The van der Waals surface area contributed by atoms with Crippen molar-refractivity contribution in [3.8, 4) is 11.8 Å². The van der Waals surface area contributed by atoms with Crippen LogP contribution in [0.1, 0.15) is 30.9 Å². The molecule has 0 bridgehead atoms. The van der Waals surface area contributed by atoms with Gasteiger partial charge < -0.3 is 9.47 Å². The summed E-state index contributed by atoms with van der Waals surface area (Å²) < 4.78 is 10.0. The summed E-state index contributed by atoms with van der Waals surface area (Å²) in [6, 6.07) is 7.10. The van der Waals surface area contributed by atoms with Crippen LogP contribution >= 0.6 is 0 Å². The Labute approximate surface area is 101 Å². The zero-order valence-electron chi connectivity index (χ0n) is 10.2. The summed E-state index contributed by atoms with van der Waals surface area (Å²) >= 11 is 0. The molecule has 1 rings (SSSR count). The molecule has 0 radical (unpaired) electrons. The van der Waals surface area contributed by atoms with Crippen LogP contribution in [-0.2, 0) is 9.53 Å². The molecule has 90 valence electrons. The Bertz CT molecular complexity index is 448. The number of nitriles is 1. The Morgan fingerprint density at radius 3 is 2.76 bits per heavy atom. The number of benzene rings is 1. The molecule has 0 heterocycles. The first-order valence-corrected chi connectivity index (χ1v) is 5.38. The largest absolute Gasteiger partial charge is 0.495 e. The summed E-state index contributed by atoms with van der Waals surface area (Å²) in [5, 5.41) is 8.85. The zero-order chi connectivity index (χ0) is 12.8. The highest BCUT2D eigenvalue weighted by atomic mass is 16.5. The number of rotatable bonds is 4. The molecule has 0 spiro atoms. The maximum absolute atomic E-state index is 11.6. The molecule has 1 aromatic rings. The second kappa shape index (κ2) is 5.90.